The number of ether oxygens (including phenoxy) is 1. The van der Waals surface area contributed by atoms with Crippen molar-refractivity contribution in [2.45, 2.75) is 52.7 Å². The van der Waals surface area contributed by atoms with Crippen molar-refractivity contribution >= 4 is 11.9 Å². The fourth-order valence-corrected chi connectivity index (χ4v) is 1.93. The van der Waals surface area contributed by atoms with E-state index >= 15 is 0 Å². The van der Waals surface area contributed by atoms with Crippen molar-refractivity contribution in [3.63, 3.8) is 0 Å². The highest BCUT2D eigenvalue weighted by molar-refractivity contribution is 5.96. The van der Waals surface area contributed by atoms with Crippen molar-refractivity contribution in [3.05, 3.63) is 34.9 Å². The van der Waals surface area contributed by atoms with Gasteiger partial charge in [-0.05, 0) is 37.8 Å². The second-order valence-corrected chi connectivity index (χ2v) is 6.35. The van der Waals surface area contributed by atoms with Gasteiger partial charge in [0.2, 0.25) is 0 Å². The molecule has 0 fully saturated rings. The Labute approximate surface area is 126 Å². The number of carbonyl (C=O) groups is 1. The molecule has 1 aromatic carbocycles. The van der Waals surface area contributed by atoms with E-state index < -0.39 is 11.7 Å². The van der Waals surface area contributed by atoms with E-state index in [9.17, 15) is 4.79 Å². The number of hydrogen-bond acceptors (Lipinski definition) is 3. The maximum Gasteiger partial charge on any atom is 0.407 e. The van der Waals surface area contributed by atoms with Gasteiger partial charge in [0.15, 0.2) is 0 Å². The lowest BCUT2D eigenvalue weighted by atomic mass is 9.94. The molecule has 0 aliphatic carbocycles. The molecule has 0 atom stereocenters. The first-order valence-corrected chi connectivity index (χ1v) is 7.04. The number of nitrogens with one attached hydrogen (secondary N) is 2. The number of benzene rings is 1. The van der Waals surface area contributed by atoms with Crippen LogP contribution in [0.15, 0.2) is 18.2 Å². The molecule has 1 amide bonds. The second kappa shape index (κ2) is 6.61. The minimum absolute atomic E-state index is 0.0605. The minimum Gasteiger partial charge on any atom is -0.444 e. The summed E-state index contributed by atoms with van der Waals surface area (Å²) in [6.07, 6.45) is -0.441. The predicted octanol–water partition coefficient (Wildman–Crippen LogP) is 3.12. The van der Waals surface area contributed by atoms with Gasteiger partial charge in [0.05, 0.1) is 0 Å². The lowest BCUT2D eigenvalue weighted by Gasteiger charge is -2.20. The molecule has 0 aliphatic rings. The third kappa shape index (κ3) is 5.45. The molecule has 0 saturated heterocycles. The lowest BCUT2D eigenvalue weighted by Crippen LogP contribution is -2.32. The molecule has 0 aromatic heterocycles. The van der Waals surface area contributed by atoms with Crippen LogP contribution in [0.3, 0.4) is 0 Å². The average molecular weight is 291 g/mol. The van der Waals surface area contributed by atoms with Crippen LogP contribution in [0.5, 0.6) is 0 Å². The van der Waals surface area contributed by atoms with E-state index in [1.165, 1.54) is 0 Å². The second-order valence-electron chi connectivity index (χ2n) is 6.35. The van der Waals surface area contributed by atoms with Crippen molar-refractivity contribution in [3.8, 4) is 0 Å². The number of rotatable bonds is 4. The molecule has 0 spiro atoms. The van der Waals surface area contributed by atoms with Gasteiger partial charge in [-0.25, -0.2) is 4.79 Å². The molecular formula is C16H25N3O2. The van der Waals surface area contributed by atoms with Crippen LogP contribution in [-0.4, -0.2) is 17.5 Å². The molecule has 1 rings (SSSR count). The van der Waals surface area contributed by atoms with Crippen LogP contribution in [0.2, 0.25) is 0 Å². The highest BCUT2D eigenvalue weighted by Crippen LogP contribution is 2.21. The first-order valence-electron chi connectivity index (χ1n) is 7.04. The van der Waals surface area contributed by atoms with Crippen molar-refractivity contribution in [1.29, 1.82) is 5.41 Å². The fraction of sp³-hybridized carbons (Fsp3) is 0.500. The van der Waals surface area contributed by atoms with Crippen LogP contribution in [0.4, 0.5) is 4.79 Å². The van der Waals surface area contributed by atoms with Crippen molar-refractivity contribution < 1.29 is 9.53 Å². The quantitative estimate of drug-likeness (QED) is 0.588. The number of nitrogens with two attached hydrogens (primary N) is 1. The molecule has 5 nitrogen and oxygen atoms in total. The molecule has 0 bridgehead atoms. The van der Waals surface area contributed by atoms with E-state index in [-0.39, 0.29) is 11.8 Å². The standard InChI is InChI=1S/C16H25N3O2/c1-10(2)13-8-11(6-7-12(13)14(17)18)9-19-15(20)21-16(3,4)5/h6-8,10H,9H2,1-5H3,(H3,17,18)(H,19,20). The van der Waals surface area contributed by atoms with Gasteiger partial charge >= 0.3 is 6.09 Å². The third-order valence-corrected chi connectivity index (χ3v) is 2.86. The SMILES string of the molecule is CC(C)c1cc(CNC(=O)OC(C)(C)C)ccc1C(=N)N. The summed E-state index contributed by atoms with van der Waals surface area (Å²) in [5, 5.41) is 10.3. The van der Waals surface area contributed by atoms with Crippen LogP contribution < -0.4 is 11.1 Å². The van der Waals surface area contributed by atoms with Gasteiger partial charge in [0, 0.05) is 12.1 Å². The van der Waals surface area contributed by atoms with E-state index in [1.807, 2.05) is 52.8 Å². The van der Waals surface area contributed by atoms with Crippen LogP contribution in [0, 0.1) is 5.41 Å². The molecule has 5 heteroatoms. The summed E-state index contributed by atoms with van der Waals surface area (Å²) in [6, 6.07) is 5.66. The fourth-order valence-electron chi connectivity index (χ4n) is 1.93. The number of carbonyl (C=O) groups excluding carboxylic acids is 1. The van der Waals surface area contributed by atoms with Gasteiger partial charge in [0.1, 0.15) is 11.4 Å². The van der Waals surface area contributed by atoms with Crippen LogP contribution in [0.25, 0.3) is 0 Å². The molecule has 116 valence electrons. The molecule has 0 saturated carbocycles. The van der Waals surface area contributed by atoms with Gasteiger partial charge in [-0.1, -0.05) is 32.0 Å². The van der Waals surface area contributed by atoms with Gasteiger partial charge in [-0.2, -0.15) is 0 Å². The van der Waals surface area contributed by atoms with Crippen LogP contribution >= 0.6 is 0 Å². The lowest BCUT2D eigenvalue weighted by molar-refractivity contribution is 0.0523. The Hall–Kier alpha value is -2.04. The summed E-state index contributed by atoms with van der Waals surface area (Å²) in [5.74, 6) is 0.315. The van der Waals surface area contributed by atoms with Crippen LogP contribution in [0.1, 0.15) is 57.2 Å². The summed E-state index contributed by atoms with van der Waals surface area (Å²) < 4.78 is 5.19. The maximum atomic E-state index is 11.6. The minimum atomic E-state index is -0.508. The molecular weight excluding hydrogens is 266 g/mol. The molecule has 0 aliphatic heterocycles. The van der Waals surface area contributed by atoms with E-state index in [4.69, 9.17) is 15.9 Å². The topological polar surface area (TPSA) is 88.2 Å². The first-order chi connectivity index (χ1) is 9.60. The number of alkyl carbamates (subject to hydrolysis) is 1. The summed E-state index contributed by atoms with van der Waals surface area (Å²) in [7, 11) is 0. The van der Waals surface area contributed by atoms with Crippen molar-refractivity contribution in [2.24, 2.45) is 5.73 Å². The van der Waals surface area contributed by atoms with E-state index in [0.29, 0.717) is 6.54 Å². The number of hydrogen-bond donors (Lipinski definition) is 3. The number of amides is 1. The molecule has 4 N–H and O–H groups in total. The van der Waals surface area contributed by atoms with Gasteiger partial charge in [-0.15, -0.1) is 0 Å². The van der Waals surface area contributed by atoms with Crippen LogP contribution in [-0.2, 0) is 11.3 Å². The van der Waals surface area contributed by atoms with Gasteiger partial charge in [0.25, 0.3) is 0 Å². The maximum absolute atomic E-state index is 11.6. The highest BCUT2D eigenvalue weighted by atomic mass is 16.6. The molecule has 21 heavy (non-hydrogen) atoms. The summed E-state index contributed by atoms with van der Waals surface area (Å²) in [5.41, 5.74) is 7.78. The summed E-state index contributed by atoms with van der Waals surface area (Å²) in [4.78, 5) is 11.6. The molecule has 1 aromatic rings. The predicted molar refractivity (Wildman–Crippen MR) is 84.6 cm³/mol. The molecule has 0 heterocycles. The molecule has 0 radical (unpaired) electrons. The Bertz CT molecular complexity index is 531. The molecule has 0 unspecified atom stereocenters. The Morgan fingerprint density at radius 2 is 2.00 bits per heavy atom. The Kier molecular flexibility index (Phi) is 5.35. The van der Waals surface area contributed by atoms with Gasteiger partial charge < -0.3 is 15.8 Å². The largest absolute Gasteiger partial charge is 0.444 e. The normalized spacial score (nSPS) is 11.3. The zero-order valence-corrected chi connectivity index (χ0v) is 13.4. The van der Waals surface area contributed by atoms with Gasteiger partial charge in [-0.3, -0.25) is 5.41 Å². The monoisotopic (exact) mass is 291 g/mol. The Morgan fingerprint density at radius 1 is 1.38 bits per heavy atom. The van der Waals surface area contributed by atoms with Crippen molar-refractivity contribution in [1.82, 2.24) is 5.32 Å². The average Bonchev–Trinajstić information content (AvgIpc) is 2.33. The third-order valence-electron chi connectivity index (χ3n) is 2.86. The van der Waals surface area contributed by atoms with Crippen molar-refractivity contribution in [2.75, 3.05) is 0 Å². The van der Waals surface area contributed by atoms with E-state index in [1.54, 1.807) is 0 Å². The van der Waals surface area contributed by atoms with E-state index in [0.717, 1.165) is 16.7 Å². The Morgan fingerprint density at radius 3 is 2.48 bits per heavy atom. The smallest absolute Gasteiger partial charge is 0.407 e. The van der Waals surface area contributed by atoms with E-state index in [2.05, 4.69) is 5.32 Å². The first kappa shape index (κ1) is 17.0. The Balaban J connectivity index is 2.79. The summed E-state index contributed by atoms with van der Waals surface area (Å²) in [6.45, 7) is 9.95. The number of amidine groups is 1. The zero-order chi connectivity index (χ0) is 16.2. The summed E-state index contributed by atoms with van der Waals surface area (Å²) >= 11 is 0. The zero-order valence-electron chi connectivity index (χ0n) is 13.4. The number of nitrogen functional groups attached to an aromatic ring is 1. The highest BCUT2D eigenvalue weighted by Gasteiger charge is 2.16.